The lowest BCUT2D eigenvalue weighted by atomic mass is 10.0. The van der Waals surface area contributed by atoms with E-state index in [9.17, 15) is 39.2 Å². The molecule has 1 fully saturated rings. The lowest BCUT2D eigenvalue weighted by Crippen LogP contribution is -2.72. The Bertz CT molecular complexity index is 1070. The van der Waals surface area contributed by atoms with Crippen LogP contribution in [0.5, 0.6) is 0 Å². The van der Waals surface area contributed by atoms with Crippen LogP contribution in [-0.2, 0) is 19.2 Å². The molecule has 0 aromatic carbocycles. The number of halogens is 1. The summed E-state index contributed by atoms with van der Waals surface area (Å²) >= 11 is 1.94. The average Bonchev–Trinajstić information content (AvgIpc) is 3.28. The van der Waals surface area contributed by atoms with Crippen LogP contribution in [0.1, 0.15) is 5.82 Å². The number of thioether (sulfide) groups is 1. The van der Waals surface area contributed by atoms with Crippen molar-refractivity contribution in [1.82, 2.24) is 19.6 Å². The van der Waals surface area contributed by atoms with E-state index in [0.29, 0.717) is 5.57 Å². The number of alkyl halides is 1. The molecule has 3 rings (SSSR count). The second kappa shape index (κ2) is 12.6. The molecule has 6 N–H and O–H groups in total. The van der Waals surface area contributed by atoms with Crippen molar-refractivity contribution in [2.24, 2.45) is 5.16 Å². The summed E-state index contributed by atoms with van der Waals surface area (Å²) in [5, 5.41) is 45.7. The van der Waals surface area contributed by atoms with Gasteiger partial charge in [-0.3, -0.25) is 14.5 Å². The Morgan fingerprint density at radius 1 is 1.27 bits per heavy atom. The number of aromatic nitrogens is 2. The Kier molecular flexibility index (Phi) is 9.74. The van der Waals surface area contributed by atoms with Crippen LogP contribution in [0.15, 0.2) is 16.4 Å². The topological polar surface area (TPSA) is 224 Å². The summed E-state index contributed by atoms with van der Waals surface area (Å²) in [5.41, 5.74) is 4.97. The number of aliphatic hydroxyl groups excluding tert-OH is 3. The van der Waals surface area contributed by atoms with Gasteiger partial charge in [0.2, 0.25) is 11.5 Å². The molecule has 0 unspecified atom stereocenters. The number of β-lactam (4-membered cyclic amide) rings is 1. The number of aliphatic hydroxyl groups is 3. The predicted molar refractivity (Wildman–Crippen MR) is 126 cm³/mol. The molecule has 0 aliphatic carbocycles. The van der Waals surface area contributed by atoms with Crippen LogP contribution in [0.25, 0.3) is 0 Å². The van der Waals surface area contributed by atoms with E-state index in [1.54, 1.807) is 0 Å². The first-order valence-corrected chi connectivity index (χ1v) is 12.8. The Hall–Kier alpha value is -2.90. The van der Waals surface area contributed by atoms with Gasteiger partial charge in [0.1, 0.15) is 37.6 Å². The van der Waals surface area contributed by atoms with Gasteiger partial charge in [0.25, 0.3) is 18.7 Å². The van der Waals surface area contributed by atoms with Crippen LogP contribution in [0.4, 0.5) is 9.52 Å². The first-order chi connectivity index (χ1) is 17.7. The standard InChI is InChI=1S/C19H26FN7O8S2/c20-9-35-24-11(14-23-19(21)37-25-14)15(31)22-12-16(32)26-13(18(33)34)10(8-36-17(12)26)7-27(1-4-28,2-5-29)3-6-30/h12,17,28-30H,1-9H2,(H3-,21,22,23,25,31,33,34)/b24-11-/t12-,17-/m1/s1. The Morgan fingerprint density at radius 3 is 2.43 bits per heavy atom. The van der Waals surface area contributed by atoms with Crippen LogP contribution in [-0.4, -0.2) is 128 Å². The summed E-state index contributed by atoms with van der Waals surface area (Å²) in [6, 6.07) is -1.15. The fourth-order valence-corrected chi connectivity index (χ4v) is 5.99. The first kappa shape index (κ1) is 28.7. The predicted octanol–water partition coefficient (Wildman–Crippen LogP) is -4.03. The van der Waals surface area contributed by atoms with E-state index in [4.69, 9.17) is 5.73 Å². The molecule has 0 saturated carbocycles. The van der Waals surface area contributed by atoms with Crippen molar-refractivity contribution in [1.29, 1.82) is 0 Å². The van der Waals surface area contributed by atoms with Crippen LogP contribution in [0.3, 0.4) is 0 Å². The third kappa shape index (κ3) is 6.16. The second-order valence-electron chi connectivity index (χ2n) is 8.08. The van der Waals surface area contributed by atoms with Crippen LogP contribution in [0, 0.1) is 0 Å². The molecule has 2 amide bonds. The van der Waals surface area contributed by atoms with Crippen LogP contribution >= 0.6 is 23.3 Å². The number of nitrogen functional groups attached to an aromatic ring is 1. The number of fused-ring (bicyclic) bond motifs is 1. The molecule has 3 heterocycles. The molecule has 1 saturated heterocycles. The van der Waals surface area contributed by atoms with Crippen LogP contribution in [0.2, 0.25) is 0 Å². The van der Waals surface area contributed by atoms with Crippen molar-refractivity contribution in [2.45, 2.75) is 11.4 Å². The van der Waals surface area contributed by atoms with Gasteiger partial charge in [-0.05, 0) is 0 Å². The first-order valence-electron chi connectivity index (χ1n) is 10.9. The third-order valence-electron chi connectivity index (χ3n) is 5.85. The van der Waals surface area contributed by atoms with Gasteiger partial charge < -0.3 is 45.6 Å². The number of rotatable bonds is 14. The molecule has 2 aliphatic rings. The maximum atomic E-state index is 13.0. The number of nitrogens with one attached hydrogen (secondary N) is 1. The van der Waals surface area contributed by atoms with E-state index < -0.39 is 41.8 Å². The van der Waals surface area contributed by atoms with Gasteiger partial charge in [0, 0.05) is 22.9 Å². The molecule has 0 spiro atoms. The molecule has 15 nitrogen and oxygen atoms in total. The monoisotopic (exact) mass is 563 g/mol. The van der Waals surface area contributed by atoms with Gasteiger partial charge in [-0.15, -0.1) is 11.8 Å². The number of aliphatic carboxylic acids is 1. The van der Waals surface area contributed by atoms with Crippen molar-refractivity contribution >= 4 is 51.9 Å². The zero-order chi connectivity index (χ0) is 27.2. The van der Waals surface area contributed by atoms with Gasteiger partial charge >= 0.3 is 0 Å². The molecule has 1 aromatic rings. The van der Waals surface area contributed by atoms with Crippen molar-refractivity contribution in [3.8, 4) is 0 Å². The summed E-state index contributed by atoms with van der Waals surface area (Å²) < 4.78 is 16.3. The minimum atomic E-state index is -1.60. The fraction of sp³-hybridized carbons (Fsp3) is 0.579. The minimum Gasteiger partial charge on any atom is -0.543 e. The number of carbonyl (C=O) groups is 3. The maximum Gasteiger partial charge on any atom is 0.278 e. The summed E-state index contributed by atoms with van der Waals surface area (Å²) in [4.78, 5) is 47.0. The second-order valence-corrected chi connectivity index (χ2v) is 9.96. The highest BCUT2D eigenvalue weighted by atomic mass is 32.2. The molecule has 0 radical (unpaired) electrons. The maximum absolute atomic E-state index is 13.0. The molecular weight excluding hydrogens is 537 g/mol. The highest BCUT2D eigenvalue weighted by molar-refractivity contribution is 8.00. The zero-order valence-electron chi connectivity index (χ0n) is 19.4. The SMILES string of the molecule is Nc1nc(/C(=N/OCF)C(=O)N[C@@H]2C(=O)N3C(C(=O)[O-])=C(C[N+](CCO)(CCO)CCO)CS[C@H]23)ns1. The van der Waals surface area contributed by atoms with Gasteiger partial charge in [-0.1, -0.05) is 5.16 Å². The molecule has 1 aromatic heterocycles. The number of oxime groups is 1. The van der Waals surface area contributed by atoms with Gasteiger partial charge in [0.05, 0.1) is 31.5 Å². The van der Waals surface area contributed by atoms with E-state index in [1.165, 1.54) is 11.8 Å². The molecule has 0 bridgehead atoms. The summed E-state index contributed by atoms with van der Waals surface area (Å²) in [7, 11) is 0. The number of amides is 2. The van der Waals surface area contributed by atoms with Crippen molar-refractivity contribution in [3.05, 3.63) is 17.1 Å². The number of nitrogens with two attached hydrogens (primary N) is 1. The fourth-order valence-electron chi connectivity index (χ4n) is 4.22. The minimum absolute atomic E-state index is 0.00119. The smallest absolute Gasteiger partial charge is 0.278 e. The summed E-state index contributed by atoms with van der Waals surface area (Å²) in [5.74, 6) is -3.39. The quantitative estimate of drug-likeness (QED) is 0.0631. The highest BCUT2D eigenvalue weighted by Crippen LogP contribution is 2.40. The van der Waals surface area contributed by atoms with E-state index in [0.717, 1.165) is 16.4 Å². The van der Waals surface area contributed by atoms with Gasteiger partial charge in [-0.25, -0.2) is 4.39 Å². The molecule has 2 atom stereocenters. The summed E-state index contributed by atoms with van der Waals surface area (Å²) in [6.45, 7) is -1.67. The number of nitrogens with zero attached hydrogens (tertiary/aromatic N) is 5. The Balaban J connectivity index is 1.83. The summed E-state index contributed by atoms with van der Waals surface area (Å²) in [6.07, 6.45) is 0. The Labute approximate surface area is 218 Å². The lowest BCUT2D eigenvalue weighted by Gasteiger charge is -2.51. The van der Waals surface area contributed by atoms with Crippen molar-refractivity contribution in [2.75, 3.05) is 64.3 Å². The number of carboxylic acids is 1. The normalized spacial score (nSPS) is 19.9. The van der Waals surface area contributed by atoms with E-state index in [-0.39, 0.29) is 72.9 Å². The molecule has 37 heavy (non-hydrogen) atoms. The lowest BCUT2D eigenvalue weighted by molar-refractivity contribution is -0.924. The van der Waals surface area contributed by atoms with Gasteiger partial charge in [0.15, 0.2) is 5.13 Å². The molecule has 18 heteroatoms. The molecular formula is C19H26FN7O8S2. The molecule has 204 valence electrons. The number of anilines is 1. The van der Waals surface area contributed by atoms with E-state index in [1.807, 2.05) is 0 Å². The van der Waals surface area contributed by atoms with E-state index >= 15 is 0 Å². The van der Waals surface area contributed by atoms with E-state index in [2.05, 4.69) is 24.7 Å². The van der Waals surface area contributed by atoms with Gasteiger partial charge in [-0.2, -0.15) is 9.36 Å². The Morgan fingerprint density at radius 2 is 1.92 bits per heavy atom. The number of carboxylic acid groups (broad SMARTS) is 1. The highest BCUT2D eigenvalue weighted by Gasteiger charge is 2.54. The third-order valence-corrected chi connectivity index (χ3v) is 7.73. The van der Waals surface area contributed by atoms with Crippen molar-refractivity contribution < 1.29 is 48.5 Å². The van der Waals surface area contributed by atoms with Crippen molar-refractivity contribution in [3.63, 3.8) is 0 Å². The zero-order valence-corrected chi connectivity index (χ0v) is 21.0. The molecule has 2 aliphatic heterocycles. The number of quaternary nitrogens is 1. The average molecular weight is 564 g/mol. The number of hydrogen-bond acceptors (Lipinski definition) is 14. The largest absolute Gasteiger partial charge is 0.543 e. The van der Waals surface area contributed by atoms with Crippen LogP contribution < -0.4 is 16.2 Å². The number of carbonyl (C=O) groups excluding carboxylic acids is 3. The number of hydrogen-bond donors (Lipinski definition) is 5.